The number of nitrogens with one attached hydrogen (secondary N) is 1. The molecule has 0 atom stereocenters. The van der Waals surface area contributed by atoms with Crippen molar-refractivity contribution in [1.29, 1.82) is 0 Å². The fraction of sp³-hybridized carbons (Fsp3) is 0.615. The highest BCUT2D eigenvalue weighted by Gasteiger charge is 2.27. The van der Waals surface area contributed by atoms with Gasteiger partial charge in [0.05, 0.1) is 13.3 Å². The number of ether oxygens (including phenoxy) is 1. The molecule has 5 heteroatoms. The van der Waals surface area contributed by atoms with Gasteiger partial charge < -0.3 is 10.1 Å². The monoisotopic (exact) mass is 249 g/mol. The van der Waals surface area contributed by atoms with Crippen LogP contribution in [0.5, 0.6) is 5.88 Å². The van der Waals surface area contributed by atoms with Crippen LogP contribution in [0.3, 0.4) is 0 Å². The molecule has 1 N–H and O–H groups in total. The molecule has 0 radical (unpaired) electrons. The summed E-state index contributed by atoms with van der Waals surface area (Å²) >= 11 is 0. The molecule has 1 heterocycles. The average molecular weight is 249 g/mol. The highest BCUT2D eigenvalue weighted by molar-refractivity contribution is 5.91. The van der Waals surface area contributed by atoms with Gasteiger partial charge in [-0.15, -0.1) is 0 Å². The van der Waals surface area contributed by atoms with Crippen molar-refractivity contribution in [3.8, 4) is 5.88 Å². The normalized spacial score (nSPS) is 14.7. The zero-order valence-electron chi connectivity index (χ0n) is 11.1. The second-order valence-electron chi connectivity index (χ2n) is 5.07. The molecular weight excluding hydrogens is 230 g/mol. The number of anilines is 1. The van der Waals surface area contributed by atoms with Gasteiger partial charge in [0, 0.05) is 12.3 Å². The first kappa shape index (κ1) is 12.8. The maximum absolute atomic E-state index is 11.7. The average Bonchev–Trinajstić information content (AvgIpc) is 3.12. The van der Waals surface area contributed by atoms with Crippen molar-refractivity contribution < 1.29 is 9.53 Å². The van der Waals surface area contributed by atoms with Gasteiger partial charge in [0.2, 0.25) is 11.8 Å². The minimum atomic E-state index is -0.0360. The van der Waals surface area contributed by atoms with E-state index >= 15 is 0 Å². The summed E-state index contributed by atoms with van der Waals surface area (Å²) in [6.07, 6.45) is 4.40. The van der Waals surface area contributed by atoms with Crippen LogP contribution in [0, 0.1) is 5.92 Å². The van der Waals surface area contributed by atoms with Gasteiger partial charge in [0.1, 0.15) is 11.5 Å². The molecule has 0 aliphatic heterocycles. The third-order valence-corrected chi connectivity index (χ3v) is 2.78. The second-order valence-corrected chi connectivity index (χ2v) is 5.07. The lowest BCUT2D eigenvalue weighted by molar-refractivity contribution is -0.116. The molecule has 1 amide bonds. The van der Waals surface area contributed by atoms with Gasteiger partial charge in [-0.3, -0.25) is 4.79 Å². The lowest BCUT2D eigenvalue weighted by Crippen LogP contribution is -2.15. The molecule has 1 fully saturated rings. The SMILES string of the molecule is COc1nc(C2CC2)ncc1NC(=O)CC(C)C. The van der Waals surface area contributed by atoms with E-state index in [1.54, 1.807) is 13.3 Å². The van der Waals surface area contributed by atoms with E-state index < -0.39 is 0 Å². The molecule has 18 heavy (non-hydrogen) atoms. The Balaban J connectivity index is 2.09. The van der Waals surface area contributed by atoms with Crippen molar-refractivity contribution in [2.24, 2.45) is 5.92 Å². The molecule has 98 valence electrons. The molecule has 1 saturated carbocycles. The van der Waals surface area contributed by atoms with Gasteiger partial charge >= 0.3 is 0 Å². The molecule has 1 aromatic rings. The van der Waals surface area contributed by atoms with Crippen molar-refractivity contribution >= 4 is 11.6 Å². The van der Waals surface area contributed by atoms with Gasteiger partial charge in [0.15, 0.2) is 0 Å². The smallest absolute Gasteiger partial charge is 0.240 e. The number of aromatic nitrogens is 2. The summed E-state index contributed by atoms with van der Waals surface area (Å²) in [7, 11) is 1.55. The largest absolute Gasteiger partial charge is 0.479 e. The van der Waals surface area contributed by atoms with E-state index in [1.165, 1.54) is 0 Å². The van der Waals surface area contributed by atoms with E-state index in [0.717, 1.165) is 18.7 Å². The van der Waals surface area contributed by atoms with Crippen molar-refractivity contribution in [3.05, 3.63) is 12.0 Å². The minimum Gasteiger partial charge on any atom is -0.479 e. The van der Waals surface area contributed by atoms with Gasteiger partial charge in [-0.1, -0.05) is 13.8 Å². The maximum atomic E-state index is 11.7. The number of amides is 1. The molecule has 0 unspecified atom stereocenters. The summed E-state index contributed by atoms with van der Waals surface area (Å²) in [5.41, 5.74) is 0.549. The first-order valence-corrected chi connectivity index (χ1v) is 6.31. The molecule has 0 bridgehead atoms. The molecule has 0 saturated heterocycles. The van der Waals surface area contributed by atoms with Crippen molar-refractivity contribution in [1.82, 2.24) is 9.97 Å². The van der Waals surface area contributed by atoms with Crippen LogP contribution in [0.25, 0.3) is 0 Å². The fourth-order valence-corrected chi connectivity index (χ4v) is 1.73. The number of nitrogens with zero attached hydrogens (tertiary/aromatic N) is 2. The first-order valence-electron chi connectivity index (χ1n) is 6.31. The van der Waals surface area contributed by atoms with Crippen LogP contribution in [-0.4, -0.2) is 23.0 Å². The molecule has 0 spiro atoms. The zero-order valence-corrected chi connectivity index (χ0v) is 11.1. The Hall–Kier alpha value is -1.65. The first-order chi connectivity index (χ1) is 8.60. The minimum absolute atomic E-state index is 0.0360. The van der Waals surface area contributed by atoms with E-state index in [2.05, 4.69) is 15.3 Å². The van der Waals surface area contributed by atoms with Gasteiger partial charge in [-0.2, -0.15) is 4.98 Å². The van der Waals surface area contributed by atoms with Crippen LogP contribution >= 0.6 is 0 Å². The molecule has 5 nitrogen and oxygen atoms in total. The predicted molar refractivity (Wildman–Crippen MR) is 68.6 cm³/mol. The third-order valence-electron chi connectivity index (χ3n) is 2.78. The maximum Gasteiger partial charge on any atom is 0.240 e. The highest BCUT2D eigenvalue weighted by atomic mass is 16.5. The summed E-state index contributed by atoms with van der Waals surface area (Å²) < 4.78 is 5.20. The third kappa shape index (κ3) is 3.18. The van der Waals surface area contributed by atoms with Crippen LogP contribution in [0.4, 0.5) is 5.69 Å². The summed E-state index contributed by atoms with van der Waals surface area (Å²) in [4.78, 5) is 20.3. The molecule has 0 aromatic carbocycles. The highest BCUT2D eigenvalue weighted by Crippen LogP contribution is 2.39. The molecule has 1 aliphatic rings. The van der Waals surface area contributed by atoms with Crippen LogP contribution in [-0.2, 0) is 4.79 Å². The topological polar surface area (TPSA) is 64.1 Å². The lowest BCUT2D eigenvalue weighted by Gasteiger charge is -2.10. The molecule has 1 aromatic heterocycles. The molecular formula is C13H19N3O2. The van der Waals surface area contributed by atoms with Gasteiger partial charge in [-0.05, 0) is 18.8 Å². The van der Waals surface area contributed by atoms with Gasteiger partial charge in [-0.25, -0.2) is 4.98 Å². The second kappa shape index (κ2) is 5.33. The molecule has 2 rings (SSSR count). The van der Waals surface area contributed by atoms with E-state index in [9.17, 15) is 4.79 Å². The summed E-state index contributed by atoms with van der Waals surface area (Å²) in [6, 6.07) is 0. The Bertz CT molecular complexity index is 442. The van der Waals surface area contributed by atoms with Crippen molar-refractivity contribution in [3.63, 3.8) is 0 Å². The lowest BCUT2D eigenvalue weighted by atomic mass is 10.1. The van der Waals surface area contributed by atoms with Gasteiger partial charge in [0.25, 0.3) is 0 Å². The number of methoxy groups -OCH3 is 1. The Morgan fingerprint density at radius 2 is 2.28 bits per heavy atom. The number of carbonyl (C=O) groups is 1. The number of rotatable bonds is 5. The van der Waals surface area contributed by atoms with Crippen molar-refractivity contribution in [2.75, 3.05) is 12.4 Å². The van der Waals surface area contributed by atoms with E-state index in [4.69, 9.17) is 4.74 Å². The number of hydrogen-bond acceptors (Lipinski definition) is 4. The number of carbonyl (C=O) groups excluding carboxylic acids is 1. The quantitative estimate of drug-likeness (QED) is 0.870. The summed E-state index contributed by atoms with van der Waals surface area (Å²) in [5, 5.41) is 2.79. The summed E-state index contributed by atoms with van der Waals surface area (Å²) in [5.74, 6) is 2.02. The predicted octanol–water partition coefficient (Wildman–Crippen LogP) is 2.35. The Labute approximate surface area is 107 Å². The van der Waals surface area contributed by atoms with Crippen LogP contribution in [0.1, 0.15) is 44.9 Å². The van der Waals surface area contributed by atoms with Crippen LogP contribution in [0.2, 0.25) is 0 Å². The zero-order chi connectivity index (χ0) is 13.1. The van der Waals surface area contributed by atoms with Crippen molar-refractivity contribution in [2.45, 2.75) is 39.0 Å². The number of hydrogen-bond donors (Lipinski definition) is 1. The van der Waals surface area contributed by atoms with E-state index in [-0.39, 0.29) is 5.91 Å². The van der Waals surface area contributed by atoms with E-state index in [1.807, 2.05) is 13.8 Å². The Morgan fingerprint density at radius 1 is 1.56 bits per heavy atom. The van der Waals surface area contributed by atoms with Crippen LogP contribution < -0.4 is 10.1 Å². The standard InChI is InChI=1S/C13H19N3O2/c1-8(2)6-11(17)15-10-7-14-12(9-4-5-9)16-13(10)18-3/h7-9H,4-6H2,1-3H3,(H,15,17). The summed E-state index contributed by atoms with van der Waals surface area (Å²) in [6.45, 7) is 4.01. The molecule has 1 aliphatic carbocycles. The van der Waals surface area contributed by atoms with E-state index in [0.29, 0.717) is 29.8 Å². The Kier molecular flexibility index (Phi) is 3.79. The Morgan fingerprint density at radius 3 is 2.83 bits per heavy atom. The van der Waals surface area contributed by atoms with Crippen LogP contribution in [0.15, 0.2) is 6.20 Å². The fourth-order valence-electron chi connectivity index (χ4n) is 1.73.